The van der Waals surface area contributed by atoms with Gasteiger partial charge in [0, 0.05) is 18.4 Å². The molecule has 0 radical (unpaired) electrons. The van der Waals surface area contributed by atoms with Crippen molar-refractivity contribution in [3.8, 4) is 5.75 Å². The maximum atomic E-state index is 13.0. The monoisotopic (exact) mass is 319 g/mol. The number of benzene rings is 2. The molecule has 4 heteroatoms. The normalized spacial score (nSPS) is 16.8. The van der Waals surface area contributed by atoms with Crippen LogP contribution in [0.1, 0.15) is 29.0 Å². The second-order valence-electron chi connectivity index (χ2n) is 6.21. The van der Waals surface area contributed by atoms with Gasteiger partial charge in [-0.05, 0) is 30.2 Å². The van der Waals surface area contributed by atoms with Gasteiger partial charge in [0.25, 0.3) is 5.56 Å². The highest BCUT2D eigenvalue weighted by atomic mass is 16.5. The molecule has 24 heavy (non-hydrogen) atoms. The van der Waals surface area contributed by atoms with Crippen molar-refractivity contribution in [2.24, 2.45) is 7.05 Å². The van der Waals surface area contributed by atoms with E-state index in [1.807, 2.05) is 55.5 Å². The number of nitrogens with zero attached hydrogens (tertiary/aromatic N) is 1. The highest BCUT2D eigenvalue weighted by Crippen LogP contribution is 2.41. The predicted molar refractivity (Wildman–Crippen MR) is 92.5 cm³/mol. The van der Waals surface area contributed by atoms with Crippen molar-refractivity contribution in [2.75, 3.05) is 0 Å². The van der Waals surface area contributed by atoms with Gasteiger partial charge in [0.15, 0.2) is 0 Å². The summed E-state index contributed by atoms with van der Waals surface area (Å²) in [7, 11) is 1.76. The number of aromatic nitrogens is 1. The summed E-state index contributed by atoms with van der Waals surface area (Å²) in [6.07, 6.45) is 0.186. The molecule has 0 saturated heterocycles. The average molecular weight is 319 g/mol. The molecule has 2 heterocycles. The van der Waals surface area contributed by atoms with Gasteiger partial charge < -0.3 is 9.30 Å². The van der Waals surface area contributed by atoms with Crippen LogP contribution >= 0.6 is 0 Å². The van der Waals surface area contributed by atoms with Crippen molar-refractivity contribution < 1.29 is 9.53 Å². The fourth-order valence-electron chi connectivity index (χ4n) is 3.58. The van der Waals surface area contributed by atoms with Gasteiger partial charge in [0.2, 0.25) is 0 Å². The van der Waals surface area contributed by atoms with E-state index < -0.39 is 0 Å². The second kappa shape index (κ2) is 5.34. The zero-order valence-electron chi connectivity index (χ0n) is 13.6. The Kier molecular flexibility index (Phi) is 3.27. The molecule has 0 fully saturated rings. The standard InChI is InChI=1S/C20H17NO3/c1-12-7-3-4-8-13(12)15-11-17(22)24-19-14-9-5-6-10-16(14)21(2)20(23)18(15)19/h3-10,15H,11H2,1-2H3. The minimum Gasteiger partial charge on any atom is -0.425 e. The minimum atomic E-state index is -0.297. The number of fused-ring (bicyclic) bond motifs is 3. The summed E-state index contributed by atoms with van der Waals surface area (Å²) in [6, 6.07) is 15.4. The van der Waals surface area contributed by atoms with E-state index in [0.29, 0.717) is 11.3 Å². The van der Waals surface area contributed by atoms with Crippen LogP contribution in [0.4, 0.5) is 0 Å². The maximum Gasteiger partial charge on any atom is 0.312 e. The number of esters is 1. The molecule has 1 aromatic heterocycles. The van der Waals surface area contributed by atoms with E-state index in [0.717, 1.165) is 22.0 Å². The van der Waals surface area contributed by atoms with E-state index in [2.05, 4.69) is 0 Å². The Bertz CT molecular complexity index is 1030. The predicted octanol–water partition coefficient (Wildman–Crippen LogP) is 3.29. The van der Waals surface area contributed by atoms with Crippen LogP contribution in [0.5, 0.6) is 5.75 Å². The quantitative estimate of drug-likeness (QED) is 0.647. The molecule has 4 nitrogen and oxygen atoms in total. The number of carbonyl (C=O) groups is 1. The van der Waals surface area contributed by atoms with Crippen LogP contribution in [0.25, 0.3) is 10.9 Å². The van der Waals surface area contributed by atoms with Crippen molar-refractivity contribution in [3.05, 3.63) is 75.6 Å². The average Bonchev–Trinajstić information content (AvgIpc) is 2.59. The molecule has 1 atom stereocenters. The molecule has 0 spiro atoms. The van der Waals surface area contributed by atoms with E-state index in [4.69, 9.17) is 4.74 Å². The zero-order valence-corrected chi connectivity index (χ0v) is 13.6. The first-order valence-corrected chi connectivity index (χ1v) is 7.95. The van der Waals surface area contributed by atoms with Crippen molar-refractivity contribution in [3.63, 3.8) is 0 Å². The number of para-hydroxylation sites is 1. The lowest BCUT2D eigenvalue weighted by Gasteiger charge is -2.27. The number of rotatable bonds is 1. The largest absolute Gasteiger partial charge is 0.425 e. The van der Waals surface area contributed by atoms with E-state index in [9.17, 15) is 9.59 Å². The second-order valence-corrected chi connectivity index (χ2v) is 6.21. The Balaban J connectivity index is 2.09. The smallest absolute Gasteiger partial charge is 0.312 e. The topological polar surface area (TPSA) is 48.3 Å². The number of hydrogen-bond donors (Lipinski definition) is 0. The number of hydrogen-bond acceptors (Lipinski definition) is 3. The van der Waals surface area contributed by atoms with E-state index in [1.54, 1.807) is 11.6 Å². The minimum absolute atomic E-state index is 0.107. The summed E-state index contributed by atoms with van der Waals surface area (Å²) in [5.41, 5.74) is 3.30. The summed E-state index contributed by atoms with van der Waals surface area (Å²) < 4.78 is 7.16. The molecule has 2 aromatic carbocycles. The molecule has 120 valence electrons. The van der Waals surface area contributed by atoms with Gasteiger partial charge in [0.1, 0.15) is 5.75 Å². The van der Waals surface area contributed by atoms with Gasteiger partial charge in [-0.25, -0.2) is 0 Å². The summed E-state index contributed by atoms with van der Waals surface area (Å²) in [5.74, 6) is -0.155. The van der Waals surface area contributed by atoms with Crippen LogP contribution in [0.2, 0.25) is 0 Å². The molecule has 1 aliphatic rings. The van der Waals surface area contributed by atoms with Gasteiger partial charge in [-0.15, -0.1) is 0 Å². The molecule has 0 N–H and O–H groups in total. The molecule has 1 unspecified atom stereocenters. The fourth-order valence-corrected chi connectivity index (χ4v) is 3.58. The fraction of sp³-hybridized carbons (Fsp3) is 0.200. The summed E-state index contributed by atoms with van der Waals surface area (Å²) in [5, 5.41) is 0.793. The third-order valence-corrected chi connectivity index (χ3v) is 4.79. The van der Waals surface area contributed by atoms with Crippen LogP contribution < -0.4 is 10.3 Å². The van der Waals surface area contributed by atoms with Gasteiger partial charge in [-0.3, -0.25) is 9.59 Å². The SMILES string of the molecule is Cc1ccccc1C1CC(=O)Oc2c1c(=O)n(C)c1ccccc21. The number of carbonyl (C=O) groups excluding carboxylic acids is 1. The van der Waals surface area contributed by atoms with Crippen molar-refractivity contribution in [1.29, 1.82) is 0 Å². The zero-order chi connectivity index (χ0) is 16.8. The van der Waals surface area contributed by atoms with Gasteiger partial charge in [-0.2, -0.15) is 0 Å². The van der Waals surface area contributed by atoms with Crippen LogP contribution in [0.3, 0.4) is 0 Å². The maximum absolute atomic E-state index is 13.0. The Morgan fingerprint density at radius 2 is 1.75 bits per heavy atom. The lowest BCUT2D eigenvalue weighted by Crippen LogP contribution is -2.31. The first-order chi connectivity index (χ1) is 11.6. The Morgan fingerprint density at radius 1 is 1.04 bits per heavy atom. The number of ether oxygens (including phenoxy) is 1. The highest BCUT2D eigenvalue weighted by Gasteiger charge is 2.34. The Labute approximate surface area is 139 Å². The molecular formula is C20H17NO3. The van der Waals surface area contributed by atoms with Crippen molar-refractivity contribution in [1.82, 2.24) is 4.57 Å². The summed E-state index contributed by atoms with van der Waals surface area (Å²) in [4.78, 5) is 25.2. The third-order valence-electron chi connectivity index (χ3n) is 4.79. The number of aryl methyl sites for hydroxylation is 2. The van der Waals surface area contributed by atoms with Crippen molar-refractivity contribution in [2.45, 2.75) is 19.3 Å². The highest BCUT2D eigenvalue weighted by molar-refractivity contribution is 5.91. The molecule has 4 rings (SSSR count). The molecule has 0 amide bonds. The molecule has 1 aliphatic heterocycles. The summed E-state index contributed by atoms with van der Waals surface area (Å²) in [6.45, 7) is 2.00. The Hall–Kier alpha value is -2.88. The molecule has 0 saturated carbocycles. The lowest BCUT2D eigenvalue weighted by molar-refractivity contribution is -0.135. The van der Waals surface area contributed by atoms with E-state index in [1.165, 1.54) is 0 Å². The molecule has 0 aliphatic carbocycles. The van der Waals surface area contributed by atoms with E-state index >= 15 is 0 Å². The number of pyridine rings is 1. The van der Waals surface area contributed by atoms with Gasteiger partial charge >= 0.3 is 5.97 Å². The molecule has 3 aromatic rings. The van der Waals surface area contributed by atoms with Gasteiger partial charge in [0.05, 0.1) is 17.5 Å². The first-order valence-electron chi connectivity index (χ1n) is 7.95. The van der Waals surface area contributed by atoms with Crippen LogP contribution in [0.15, 0.2) is 53.3 Å². The molecule has 0 bridgehead atoms. The molecular weight excluding hydrogens is 302 g/mol. The van der Waals surface area contributed by atoms with Crippen LogP contribution in [-0.4, -0.2) is 10.5 Å². The third kappa shape index (κ3) is 2.07. The van der Waals surface area contributed by atoms with Gasteiger partial charge in [-0.1, -0.05) is 36.4 Å². The van der Waals surface area contributed by atoms with Crippen LogP contribution in [0, 0.1) is 6.92 Å². The van der Waals surface area contributed by atoms with Crippen LogP contribution in [-0.2, 0) is 11.8 Å². The first kappa shape index (κ1) is 14.7. The van der Waals surface area contributed by atoms with Crippen molar-refractivity contribution >= 4 is 16.9 Å². The summed E-state index contributed by atoms with van der Waals surface area (Å²) >= 11 is 0. The Morgan fingerprint density at radius 3 is 2.54 bits per heavy atom. The lowest BCUT2D eigenvalue weighted by atomic mass is 9.84. The van der Waals surface area contributed by atoms with E-state index in [-0.39, 0.29) is 23.9 Å².